The summed E-state index contributed by atoms with van der Waals surface area (Å²) in [4.78, 5) is 15.1. The Morgan fingerprint density at radius 2 is 1.88 bits per heavy atom. The number of carbonyl (C=O) groups excluding carboxylic acids is 1. The highest BCUT2D eigenvalue weighted by Crippen LogP contribution is 2.32. The zero-order valence-electron chi connectivity index (χ0n) is 16.0. The maximum atomic E-state index is 13.0. The lowest BCUT2D eigenvalue weighted by Crippen LogP contribution is -2.47. The van der Waals surface area contributed by atoms with Gasteiger partial charge in [0.25, 0.3) is 0 Å². The summed E-state index contributed by atoms with van der Waals surface area (Å²) in [6, 6.07) is 0.365. The average Bonchev–Trinajstić information content (AvgIpc) is 3.37. The molecule has 1 saturated carbocycles. The molecule has 4 rings (SSSR count). The quantitative estimate of drug-likeness (QED) is 0.854. The van der Waals surface area contributed by atoms with E-state index in [9.17, 15) is 4.79 Å². The fraction of sp³-hybridized carbons (Fsp3) is 0.842. The van der Waals surface area contributed by atoms with E-state index in [2.05, 4.69) is 46.1 Å². The Morgan fingerprint density at radius 1 is 1.15 bits per heavy atom. The Morgan fingerprint density at radius 3 is 2.62 bits per heavy atom. The van der Waals surface area contributed by atoms with Crippen LogP contribution < -0.4 is 10.9 Å². The summed E-state index contributed by atoms with van der Waals surface area (Å²) in [5.74, 6) is 1.39. The van der Waals surface area contributed by atoms with Gasteiger partial charge in [-0.05, 0) is 45.4 Å². The van der Waals surface area contributed by atoms with Gasteiger partial charge >= 0.3 is 0 Å². The molecular weight excluding hydrogens is 328 g/mol. The first kappa shape index (κ1) is 17.9. The van der Waals surface area contributed by atoms with Crippen LogP contribution in [-0.4, -0.2) is 51.0 Å². The fourth-order valence-electron chi connectivity index (χ4n) is 5.00. The molecule has 26 heavy (non-hydrogen) atoms. The van der Waals surface area contributed by atoms with Crippen molar-refractivity contribution in [2.75, 3.05) is 13.1 Å². The number of hydrogen-bond acceptors (Lipinski definition) is 5. The van der Waals surface area contributed by atoms with Crippen molar-refractivity contribution in [2.24, 2.45) is 11.8 Å². The number of amides is 1. The van der Waals surface area contributed by atoms with Crippen LogP contribution in [0.15, 0.2) is 6.20 Å². The first-order chi connectivity index (χ1) is 12.6. The molecule has 3 atom stereocenters. The van der Waals surface area contributed by atoms with E-state index in [4.69, 9.17) is 0 Å². The van der Waals surface area contributed by atoms with Crippen LogP contribution in [0.4, 0.5) is 0 Å². The molecule has 2 saturated heterocycles. The smallest absolute Gasteiger partial charge is 0.228 e. The standard InChI is InChI=1S/C19H32N6O/c1-13-18(14(2)21-20-13)19(26)24-9-5-6-15(10-24)11-25-12-17(22-23-25)16-7-3-4-8-16/h12-16,18,20-21H,3-11H2,1-2H3. The highest BCUT2D eigenvalue weighted by Gasteiger charge is 2.39. The third kappa shape index (κ3) is 3.64. The maximum Gasteiger partial charge on any atom is 0.228 e. The lowest BCUT2D eigenvalue weighted by atomic mass is 9.92. The van der Waals surface area contributed by atoms with Crippen LogP contribution in [0.1, 0.15) is 64.0 Å². The van der Waals surface area contributed by atoms with E-state index in [0.717, 1.165) is 38.2 Å². The average molecular weight is 361 g/mol. The number of hydrazine groups is 1. The summed E-state index contributed by atoms with van der Waals surface area (Å²) in [7, 11) is 0. The number of carbonyl (C=O) groups is 1. The summed E-state index contributed by atoms with van der Waals surface area (Å²) in [6.07, 6.45) is 9.53. The van der Waals surface area contributed by atoms with E-state index < -0.39 is 0 Å². The van der Waals surface area contributed by atoms with Gasteiger partial charge in [0.2, 0.25) is 5.91 Å². The lowest BCUT2D eigenvalue weighted by molar-refractivity contribution is -0.138. The van der Waals surface area contributed by atoms with E-state index in [0.29, 0.717) is 11.8 Å². The predicted octanol–water partition coefficient (Wildman–Crippen LogP) is 1.68. The lowest BCUT2D eigenvalue weighted by Gasteiger charge is -2.35. The molecule has 1 aromatic rings. The predicted molar refractivity (Wildman–Crippen MR) is 99.2 cm³/mol. The van der Waals surface area contributed by atoms with E-state index in [-0.39, 0.29) is 23.9 Å². The molecule has 3 aliphatic rings. The molecule has 0 spiro atoms. The van der Waals surface area contributed by atoms with Crippen LogP contribution in [0, 0.1) is 11.8 Å². The number of nitrogens with zero attached hydrogens (tertiary/aromatic N) is 4. The Hall–Kier alpha value is -1.47. The molecule has 2 aliphatic heterocycles. The van der Waals surface area contributed by atoms with Crippen LogP contribution in [0.5, 0.6) is 0 Å². The van der Waals surface area contributed by atoms with E-state index in [1.165, 1.54) is 25.7 Å². The molecule has 0 bridgehead atoms. The first-order valence-electron chi connectivity index (χ1n) is 10.3. The molecule has 7 nitrogen and oxygen atoms in total. The van der Waals surface area contributed by atoms with Crippen molar-refractivity contribution in [1.82, 2.24) is 30.7 Å². The van der Waals surface area contributed by atoms with Gasteiger partial charge in [-0.1, -0.05) is 18.1 Å². The molecule has 0 radical (unpaired) electrons. The van der Waals surface area contributed by atoms with Crippen LogP contribution in [0.25, 0.3) is 0 Å². The van der Waals surface area contributed by atoms with Crippen molar-refractivity contribution < 1.29 is 4.79 Å². The number of aromatic nitrogens is 3. The Labute approximate surface area is 155 Å². The number of piperidine rings is 1. The van der Waals surface area contributed by atoms with Crippen molar-refractivity contribution in [1.29, 1.82) is 0 Å². The molecular formula is C19H32N6O. The van der Waals surface area contributed by atoms with Crippen LogP contribution in [-0.2, 0) is 11.3 Å². The van der Waals surface area contributed by atoms with Crippen LogP contribution in [0.3, 0.4) is 0 Å². The van der Waals surface area contributed by atoms with Crippen molar-refractivity contribution in [2.45, 2.75) is 76.9 Å². The van der Waals surface area contributed by atoms with Gasteiger partial charge in [-0.3, -0.25) is 20.3 Å². The van der Waals surface area contributed by atoms with Crippen molar-refractivity contribution in [3.8, 4) is 0 Å². The minimum Gasteiger partial charge on any atom is -0.342 e. The van der Waals surface area contributed by atoms with Gasteiger partial charge in [0.1, 0.15) is 0 Å². The summed E-state index contributed by atoms with van der Waals surface area (Å²) in [5.41, 5.74) is 7.56. The van der Waals surface area contributed by atoms with Gasteiger partial charge in [0, 0.05) is 43.8 Å². The van der Waals surface area contributed by atoms with E-state index >= 15 is 0 Å². The van der Waals surface area contributed by atoms with Crippen molar-refractivity contribution in [3.63, 3.8) is 0 Å². The maximum absolute atomic E-state index is 13.0. The first-order valence-corrected chi connectivity index (χ1v) is 10.3. The number of likely N-dealkylation sites (tertiary alicyclic amines) is 1. The molecule has 1 aliphatic carbocycles. The SMILES string of the molecule is CC1NNC(C)C1C(=O)N1CCCC(Cn2cc(C3CCCC3)nn2)C1. The third-order valence-corrected chi connectivity index (χ3v) is 6.51. The monoisotopic (exact) mass is 360 g/mol. The normalized spacial score (nSPS) is 33.1. The second-order valence-electron chi connectivity index (χ2n) is 8.53. The Balaban J connectivity index is 1.35. The highest BCUT2D eigenvalue weighted by atomic mass is 16.2. The highest BCUT2D eigenvalue weighted by molar-refractivity contribution is 5.80. The molecule has 144 valence electrons. The molecule has 7 heteroatoms. The zero-order valence-corrected chi connectivity index (χ0v) is 16.0. The topological polar surface area (TPSA) is 75.1 Å². The van der Waals surface area contributed by atoms with E-state index in [1.807, 2.05) is 4.68 Å². The van der Waals surface area contributed by atoms with Gasteiger partial charge in [0.05, 0.1) is 11.6 Å². The van der Waals surface area contributed by atoms with Crippen LogP contribution >= 0.6 is 0 Å². The van der Waals surface area contributed by atoms with Crippen molar-refractivity contribution in [3.05, 3.63) is 11.9 Å². The molecule has 1 amide bonds. The van der Waals surface area contributed by atoms with Gasteiger partial charge in [-0.2, -0.15) is 0 Å². The third-order valence-electron chi connectivity index (χ3n) is 6.51. The minimum absolute atomic E-state index is 0.0223. The molecule has 1 aromatic heterocycles. The van der Waals surface area contributed by atoms with Gasteiger partial charge in [-0.25, -0.2) is 0 Å². The molecule has 2 N–H and O–H groups in total. The molecule has 3 heterocycles. The van der Waals surface area contributed by atoms with Gasteiger partial charge < -0.3 is 4.90 Å². The zero-order chi connectivity index (χ0) is 18.1. The molecule has 3 unspecified atom stereocenters. The second-order valence-corrected chi connectivity index (χ2v) is 8.53. The molecule has 3 fully saturated rings. The number of hydrogen-bond donors (Lipinski definition) is 2. The summed E-state index contributed by atoms with van der Waals surface area (Å²) in [5, 5.41) is 8.79. The summed E-state index contributed by atoms with van der Waals surface area (Å²) in [6.45, 7) is 6.76. The summed E-state index contributed by atoms with van der Waals surface area (Å²) < 4.78 is 2.01. The van der Waals surface area contributed by atoms with Crippen molar-refractivity contribution >= 4 is 5.91 Å². The second kappa shape index (κ2) is 7.64. The van der Waals surface area contributed by atoms with E-state index in [1.54, 1.807) is 0 Å². The Bertz CT molecular complexity index is 615. The largest absolute Gasteiger partial charge is 0.342 e. The van der Waals surface area contributed by atoms with Gasteiger partial charge in [-0.15, -0.1) is 5.10 Å². The number of rotatable bonds is 4. The Kier molecular flexibility index (Phi) is 5.27. The summed E-state index contributed by atoms with van der Waals surface area (Å²) >= 11 is 0. The fourth-order valence-corrected chi connectivity index (χ4v) is 5.00. The number of nitrogens with one attached hydrogen (secondary N) is 2. The molecule has 0 aromatic carbocycles. The van der Waals surface area contributed by atoms with Gasteiger partial charge in [0.15, 0.2) is 0 Å². The van der Waals surface area contributed by atoms with Crippen LogP contribution in [0.2, 0.25) is 0 Å². The minimum atomic E-state index is 0.0223.